The van der Waals surface area contributed by atoms with Crippen LogP contribution < -0.4 is 0 Å². The largest absolute Gasteiger partial charge is 0.384 e. The van der Waals surface area contributed by atoms with E-state index in [1.165, 1.54) is 0 Å². The summed E-state index contributed by atoms with van der Waals surface area (Å²) in [6.07, 6.45) is 1.85. The number of aryl methyl sites for hydroxylation is 1. The van der Waals surface area contributed by atoms with E-state index in [2.05, 4.69) is 25.3 Å². The Kier molecular flexibility index (Phi) is 4.20. The van der Waals surface area contributed by atoms with Gasteiger partial charge >= 0.3 is 0 Å². The number of aromatic nitrogens is 6. The lowest BCUT2D eigenvalue weighted by molar-refractivity contribution is 0.0736. The molecule has 8 heteroatoms. The second-order valence-electron chi connectivity index (χ2n) is 7.08. The Bertz CT molecular complexity index is 1120. The SMILES string of the molecule is Cc1cc2c(-c3cn(Cc4cccc(C(C)(C)O)n4)nn3)cc(Cl)nc2[nH]1. The number of hydrogen-bond donors (Lipinski definition) is 2. The van der Waals surface area contributed by atoms with Gasteiger partial charge in [-0.2, -0.15) is 0 Å². The summed E-state index contributed by atoms with van der Waals surface area (Å²) < 4.78 is 1.71. The van der Waals surface area contributed by atoms with Crippen molar-refractivity contribution in [1.82, 2.24) is 29.9 Å². The fourth-order valence-electron chi connectivity index (χ4n) is 2.99. The normalized spacial score (nSPS) is 12.0. The van der Waals surface area contributed by atoms with E-state index in [4.69, 9.17) is 11.6 Å². The van der Waals surface area contributed by atoms with Crippen molar-refractivity contribution in [3.63, 3.8) is 0 Å². The molecule has 0 radical (unpaired) electrons. The minimum absolute atomic E-state index is 0.397. The number of fused-ring (bicyclic) bond motifs is 1. The fourth-order valence-corrected chi connectivity index (χ4v) is 3.18. The van der Waals surface area contributed by atoms with Crippen LogP contribution in [0.15, 0.2) is 36.5 Å². The molecule has 0 bridgehead atoms. The topological polar surface area (TPSA) is 92.5 Å². The summed E-state index contributed by atoms with van der Waals surface area (Å²) in [5, 5.41) is 20.0. The van der Waals surface area contributed by atoms with Crippen molar-refractivity contribution in [2.24, 2.45) is 0 Å². The Morgan fingerprint density at radius 3 is 2.81 bits per heavy atom. The van der Waals surface area contributed by atoms with Crippen molar-refractivity contribution >= 4 is 22.6 Å². The monoisotopic (exact) mass is 382 g/mol. The van der Waals surface area contributed by atoms with E-state index in [0.29, 0.717) is 23.1 Å². The molecule has 4 aromatic heterocycles. The van der Waals surface area contributed by atoms with Gasteiger partial charge in [-0.1, -0.05) is 22.9 Å². The molecule has 4 aromatic rings. The number of nitrogens with zero attached hydrogens (tertiary/aromatic N) is 5. The first-order valence-electron chi connectivity index (χ1n) is 8.55. The number of pyridine rings is 2. The van der Waals surface area contributed by atoms with Gasteiger partial charge in [-0.05, 0) is 45.0 Å². The number of halogens is 1. The van der Waals surface area contributed by atoms with Crippen molar-refractivity contribution in [2.75, 3.05) is 0 Å². The number of nitrogens with one attached hydrogen (secondary N) is 1. The number of H-pyrrole nitrogens is 1. The standard InChI is InChI=1S/C19H19ClN6O/c1-11-7-14-13(8-17(20)23-18(14)21-11)15-10-26(25-24-15)9-12-5-4-6-16(22-12)19(2,3)27/h4-8,10,27H,9H2,1-3H3,(H,21,23). The van der Waals surface area contributed by atoms with Crippen LogP contribution in [0, 0.1) is 6.92 Å². The molecule has 0 unspecified atom stereocenters. The van der Waals surface area contributed by atoms with Crippen LogP contribution in [0.4, 0.5) is 0 Å². The first kappa shape index (κ1) is 17.6. The molecular formula is C19H19ClN6O. The molecule has 2 N–H and O–H groups in total. The van der Waals surface area contributed by atoms with Crippen LogP contribution in [0.2, 0.25) is 5.15 Å². The summed E-state index contributed by atoms with van der Waals surface area (Å²) >= 11 is 6.16. The van der Waals surface area contributed by atoms with Crippen LogP contribution in [0.3, 0.4) is 0 Å². The fraction of sp³-hybridized carbons (Fsp3) is 0.263. The summed E-state index contributed by atoms with van der Waals surface area (Å²) in [6, 6.07) is 9.39. The van der Waals surface area contributed by atoms with Crippen molar-refractivity contribution in [3.05, 3.63) is 58.8 Å². The highest BCUT2D eigenvalue weighted by molar-refractivity contribution is 6.30. The molecule has 0 fully saturated rings. The lowest BCUT2D eigenvalue weighted by Gasteiger charge is -2.17. The van der Waals surface area contributed by atoms with E-state index < -0.39 is 5.60 Å². The van der Waals surface area contributed by atoms with Gasteiger partial charge in [-0.15, -0.1) is 5.10 Å². The molecule has 4 rings (SSSR count). The Hall–Kier alpha value is -2.77. The highest BCUT2D eigenvalue weighted by Gasteiger charge is 2.18. The van der Waals surface area contributed by atoms with Crippen molar-refractivity contribution in [3.8, 4) is 11.3 Å². The van der Waals surface area contributed by atoms with Crippen molar-refractivity contribution < 1.29 is 5.11 Å². The predicted molar refractivity (Wildman–Crippen MR) is 103 cm³/mol. The molecule has 0 aliphatic rings. The van der Waals surface area contributed by atoms with E-state index in [9.17, 15) is 5.11 Å². The second kappa shape index (κ2) is 6.44. The maximum Gasteiger partial charge on any atom is 0.139 e. The van der Waals surface area contributed by atoms with Gasteiger partial charge in [0, 0.05) is 16.6 Å². The molecular weight excluding hydrogens is 364 g/mol. The third kappa shape index (κ3) is 3.56. The lowest BCUT2D eigenvalue weighted by Crippen LogP contribution is -2.18. The number of aromatic amines is 1. The molecule has 0 amide bonds. The molecule has 0 atom stereocenters. The summed E-state index contributed by atoms with van der Waals surface area (Å²) in [5.74, 6) is 0. The zero-order chi connectivity index (χ0) is 19.2. The third-order valence-electron chi connectivity index (χ3n) is 4.28. The highest BCUT2D eigenvalue weighted by Crippen LogP contribution is 2.29. The molecule has 138 valence electrons. The maximum absolute atomic E-state index is 10.1. The Morgan fingerprint density at radius 2 is 2.04 bits per heavy atom. The molecule has 0 spiro atoms. The number of aliphatic hydroxyl groups is 1. The van der Waals surface area contributed by atoms with Crippen LogP contribution in [-0.2, 0) is 12.1 Å². The van der Waals surface area contributed by atoms with Gasteiger partial charge in [0.1, 0.15) is 22.1 Å². The van der Waals surface area contributed by atoms with Gasteiger partial charge in [0.05, 0.1) is 24.1 Å². The van der Waals surface area contributed by atoms with E-state index >= 15 is 0 Å². The minimum atomic E-state index is -0.991. The van der Waals surface area contributed by atoms with E-state index in [1.54, 1.807) is 30.7 Å². The molecule has 7 nitrogen and oxygen atoms in total. The van der Waals surface area contributed by atoms with Crippen LogP contribution >= 0.6 is 11.6 Å². The zero-order valence-corrected chi connectivity index (χ0v) is 16.0. The molecule has 4 heterocycles. The summed E-state index contributed by atoms with van der Waals surface area (Å²) in [4.78, 5) is 12.0. The summed E-state index contributed by atoms with van der Waals surface area (Å²) in [5.41, 5.74) is 3.73. The van der Waals surface area contributed by atoms with Crippen LogP contribution in [0.5, 0.6) is 0 Å². The third-order valence-corrected chi connectivity index (χ3v) is 4.47. The highest BCUT2D eigenvalue weighted by atomic mass is 35.5. The van der Waals surface area contributed by atoms with Gasteiger partial charge in [-0.25, -0.2) is 9.67 Å². The van der Waals surface area contributed by atoms with Crippen LogP contribution in [0.1, 0.15) is 30.9 Å². The van der Waals surface area contributed by atoms with Gasteiger partial charge in [0.2, 0.25) is 0 Å². The number of rotatable bonds is 4. The molecule has 0 aromatic carbocycles. The first-order valence-corrected chi connectivity index (χ1v) is 8.92. The van der Waals surface area contributed by atoms with Crippen LogP contribution in [0.25, 0.3) is 22.3 Å². The number of hydrogen-bond acceptors (Lipinski definition) is 5. The van der Waals surface area contributed by atoms with Crippen molar-refractivity contribution in [2.45, 2.75) is 32.9 Å². The first-order chi connectivity index (χ1) is 12.8. The molecule has 27 heavy (non-hydrogen) atoms. The Labute approximate surface area is 161 Å². The van der Waals surface area contributed by atoms with Crippen LogP contribution in [-0.4, -0.2) is 35.1 Å². The second-order valence-corrected chi connectivity index (χ2v) is 7.47. The molecule has 0 aliphatic heterocycles. The minimum Gasteiger partial charge on any atom is -0.384 e. The molecule has 0 saturated carbocycles. The molecule has 0 saturated heterocycles. The van der Waals surface area contributed by atoms with Gasteiger partial charge in [0.25, 0.3) is 0 Å². The smallest absolute Gasteiger partial charge is 0.139 e. The summed E-state index contributed by atoms with van der Waals surface area (Å²) in [7, 11) is 0. The maximum atomic E-state index is 10.1. The van der Waals surface area contributed by atoms with Crippen molar-refractivity contribution in [1.29, 1.82) is 0 Å². The Morgan fingerprint density at radius 1 is 1.22 bits per heavy atom. The van der Waals surface area contributed by atoms with Gasteiger partial charge < -0.3 is 10.1 Å². The quantitative estimate of drug-likeness (QED) is 0.527. The average molecular weight is 383 g/mol. The molecule has 0 aliphatic carbocycles. The lowest BCUT2D eigenvalue weighted by atomic mass is 10.0. The van der Waals surface area contributed by atoms with E-state index in [0.717, 1.165) is 28.0 Å². The summed E-state index contributed by atoms with van der Waals surface area (Å²) in [6.45, 7) is 5.84. The zero-order valence-electron chi connectivity index (χ0n) is 15.2. The predicted octanol–water partition coefficient (Wildman–Crippen LogP) is 3.45. The van der Waals surface area contributed by atoms with E-state index in [-0.39, 0.29) is 0 Å². The van der Waals surface area contributed by atoms with E-state index in [1.807, 2.05) is 31.3 Å². The van der Waals surface area contributed by atoms with Gasteiger partial charge in [0.15, 0.2) is 0 Å². The van der Waals surface area contributed by atoms with Gasteiger partial charge in [-0.3, -0.25) is 4.98 Å². The average Bonchev–Trinajstić information content (AvgIpc) is 3.19. The Balaban J connectivity index is 1.67.